The van der Waals surface area contributed by atoms with Gasteiger partial charge in [0.15, 0.2) is 0 Å². The minimum Gasteiger partial charge on any atom is -0.481 e. The number of nitrogens with one attached hydrogen (secondary N) is 2. The van der Waals surface area contributed by atoms with Crippen molar-refractivity contribution in [1.29, 1.82) is 0 Å². The summed E-state index contributed by atoms with van der Waals surface area (Å²) >= 11 is 1.63. The molecule has 1 saturated carbocycles. The fourth-order valence-electron chi connectivity index (χ4n) is 1.72. The van der Waals surface area contributed by atoms with Crippen LogP contribution in [0.1, 0.15) is 12.8 Å². The predicted molar refractivity (Wildman–Crippen MR) is 74.5 cm³/mol. The lowest BCUT2D eigenvalue weighted by atomic mass is 10.1. The highest BCUT2D eigenvalue weighted by atomic mass is 32.2. The molecule has 0 unspecified atom stereocenters. The van der Waals surface area contributed by atoms with Gasteiger partial charge in [0, 0.05) is 17.1 Å². The molecule has 1 aromatic carbocycles. The van der Waals surface area contributed by atoms with Crippen LogP contribution in [-0.4, -0.2) is 29.9 Å². The van der Waals surface area contributed by atoms with Crippen molar-refractivity contribution in [3.8, 4) is 0 Å². The van der Waals surface area contributed by atoms with Crippen LogP contribution in [0.15, 0.2) is 29.2 Å². The monoisotopic (exact) mass is 280 g/mol. The summed E-state index contributed by atoms with van der Waals surface area (Å²) in [7, 11) is 0. The van der Waals surface area contributed by atoms with Gasteiger partial charge in [0.2, 0.25) is 0 Å². The van der Waals surface area contributed by atoms with Gasteiger partial charge in [-0.1, -0.05) is 0 Å². The summed E-state index contributed by atoms with van der Waals surface area (Å²) in [5.74, 6) is -0.836. The van der Waals surface area contributed by atoms with Crippen molar-refractivity contribution >= 4 is 29.4 Å². The van der Waals surface area contributed by atoms with Crippen molar-refractivity contribution in [2.75, 3.05) is 18.1 Å². The molecule has 0 bridgehead atoms. The van der Waals surface area contributed by atoms with Gasteiger partial charge < -0.3 is 15.7 Å². The zero-order valence-corrected chi connectivity index (χ0v) is 11.4. The Morgan fingerprint density at radius 2 is 1.95 bits per heavy atom. The van der Waals surface area contributed by atoms with Gasteiger partial charge in [0.25, 0.3) is 0 Å². The number of rotatable bonds is 5. The van der Waals surface area contributed by atoms with E-state index in [0.717, 1.165) is 4.90 Å². The van der Waals surface area contributed by atoms with E-state index in [1.54, 1.807) is 11.8 Å². The van der Waals surface area contributed by atoms with E-state index < -0.39 is 11.4 Å². The largest absolute Gasteiger partial charge is 0.481 e. The van der Waals surface area contributed by atoms with E-state index in [-0.39, 0.29) is 12.6 Å². The molecule has 0 saturated heterocycles. The zero-order chi connectivity index (χ0) is 13.9. The quantitative estimate of drug-likeness (QED) is 0.724. The maximum atomic E-state index is 11.6. The second kappa shape index (κ2) is 5.52. The number of hydrogen-bond donors (Lipinski definition) is 3. The number of carbonyl (C=O) groups excluding carboxylic acids is 1. The molecule has 1 aliphatic rings. The Bertz CT molecular complexity index is 483. The Morgan fingerprint density at radius 1 is 1.32 bits per heavy atom. The lowest BCUT2D eigenvalue weighted by Crippen LogP contribution is -2.36. The Balaban J connectivity index is 1.82. The molecule has 0 atom stereocenters. The summed E-state index contributed by atoms with van der Waals surface area (Å²) in [6.07, 6.45) is 3.24. The minimum absolute atomic E-state index is 0.178. The van der Waals surface area contributed by atoms with Gasteiger partial charge in [-0.05, 0) is 43.4 Å². The average molecular weight is 280 g/mol. The van der Waals surface area contributed by atoms with Crippen molar-refractivity contribution < 1.29 is 14.7 Å². The lowest BCUT2D eigenvalue weighted by Gasteiger charge is -2.12. The molecule has 0 radical (unpaired) electrons. The molecule has 19 heavy (non-hydrogen) atoms. The first-order valence-corrected chi connectivity index (χ1v) is 7.20. The Morgan fingerprint density at radius 3 is 2.42 bits per heavy atom. The van der Waals surface area contributed by atoms with Gasteiger partial charge in [0.1, 0.15) is 0 Å². The molecule has 2 rings (SSSR count). The number of hydrogen-bond acceptors (Lipinski definition) is 3. The van der Waals surface area contributed by atoms with Gasteiger partial charge >= 0.3 is 12.0 Å². The number of thioether (sulfide) groups is 1. The smallest absolute Gasteiger partial charge is 0.319 e. The highest BCUT2D eigenvalue weighted by molar-refractivity contribution is 7.98. The summed E-state index contributed by atoms with van der Waals surface area (Å²) in [5.41, 5.74) is -0.0458. The molecule has 0 aromatic heterocycles. The maximum absolute atomic E-state index is 11.6. The number of carboxylic acid groups (broad SMARTS) is 1. The molecule has 1 aliphatic carbocycles. The topological polar surface area (TPSA) is 78.4 Å². The van der Waals surface area contributed by atoms with Crippen LogP contribution in [0.4, 0.5) is 10.5 Å². The van der Waals surface area contributed by atoms with E-state index in [9.17, 15) is 9.59 Å². The van der Waals surface area contributed by atoms with E-state index in [2.05, 4.69) is 10.6 Å². The van der Waals surface area contributed by atoms with Crippen LogP contribution < -0.4 is 10.6 Å². The molecular formula is C13H16N2O3S. The predicted octanol–water partition coefficient (Wildman–Crippen LogP) is 2.39. The Hall–Kier alpha value is -1.69. The number of carbonyl (C=O) groups is 2. The van der Waals surface area contributed by atoms with E-state index in [4.69, 9.17) is 5.11 Å². The molecule has 1 fully saturated rings. The summed E-state index contributed by atoms with van der Waals surface area (Å²) in [6.45, 7) is 0.178. The van der Waals surface area contributed by atoms with Crippen LogP contribution in [0.5, 0.6) is 0 Å². The summed E-state index contributed by atoms with van der Waals surface area (Å²) in [5, 5.41) is 14.3. The first-order valence-electron chi connectivity index (χ1n) is 5.98. The average Bonchev–Trinajstić information content (AvgIpc) is 3.18. The molecule has 0 spiro atoms. The van der Waals surface area contributed by atoms with Crippen LogP contribution in [0.2, 0.25) is 0 Å². The number of benzene rings is 1. The third-order valence-corrected chi connectivity index (χ3v) is 3.99. The molecule has 0 aliphatic heterocycles. The first kappa shape index (κ1) is 13.7. The van der Waals surface area contributed by atoms with Crippen LogP contribution in [-0.2, 0) is 4.79 Å². The molecule has 2 amide bonds. The highest BCUT2D eigenvalue weighted by Crippen LogP contribution is 2.45. The summed E-state index contributed by atoms with van der Waals surface area (Å²) in [6, 6.07) is 7.09. The van der Waals surface area contributed by atoms with Gasteiger partial charge in [-0.15, -0.1) is 11.8 Å². The molecule has 3 N–H and O–H groups in total. The number of anilines is 1. The summed E-state index contributed by atoms with van der Waals surface area (Å²) < 4.78 is 0. The fourth-order valence-corrected chi connectivity index (χ4v) is 2.12. The van der Waals surface area contributed by atoms with Crippen LogP contribution >= 0.6 is 11.8 Å². The van der Waals surface area contributed by atoms with Crippen molar-refractivity contribution in [2.45, 2.75) is 17.7 Å². The van der Waals surface area contributed by atoms with E-state index >= 15 is 0 Å². The van der Waals surface area contributed by atoms with Crippen molar-refractivity contribution in [2.24, 2.45) is 5.41 Å². The Labute approximate surface area is 115 Å². The van der Waals surface area contributed by atoms with Gasteiger partial charge in [-0.3, -0.25) is 4.79 Å². The number of amides is 2. The number of urea groups is 1. The van der Waals surface area contributed by atoms with Crippen molar-refractivity contribution in [3.63, 3.8) is 0 Å². The normalized spacial score (nSPS) is 15.6. The van der Waals surface area contributed by atoms with E-state index in [1.165, 1.54) is 0 Å². The molecule has 5 nitrogen and oxygen atoms in total. The van der Waals surface area contributed by atoms with Crippen LogP contribution in [0, 0.1) is 5.41 Å². The van der Waals surface area contributed by atoms with Crippen LogP contribution in [0.25, 0.3) is 0 Å². The molecule has 102 valence electrons. The molecular weight excluding hydrogens is 264 g/mol. The first-order chi connectivity index (χ1) is 9.05. The van der Waals surface area contributed by atoms with Crippen molar-refractivity contribution in [1.82, 2.24) is 5.32 Å². The fraction of sp³-hybridized carbons (Fsp3) is 0.385. The maximum Gasteiger partial charge on any atom is 0.319 e. The number of aliphatic carboxylic acids is 1. The lowest BCUT2D eigenvalue weighted by molar-refractivity contribution is -0.143. The van der Waals surface area contributed by atoms with E-state index in [1.807, 2.05) is 30.5 Å². The standard InChI is InChI=1S/C13H16N2O3S/c1-19-10-4-2-9(3-5-10)15-12(18)14-8-13(6-7-13)11(16)17/h2-5H,6-8H2,1H3,(H,16,17)(H2,14,15,18). The van der Waals surface area contributed by atoms with Gasteiger partial charge in [-0.2, -0.15) is 0 Å². The van der Waals surface area contributed by atoms with Gasteiger partial charge in [-0.25, -0.2) is 4.79 Å². The third-order valence-electron chi connectivity index (χ3n) is 3.24. The van der Waals surface area contributed by atoms with Crippen molar-refractivity contribution in [3.05, 3.63) is 24.3 Å². The van der Waals surface area contributed by atoms with E-state index in [0.29, 0.717) is 18.5 Å². The SMILES string of the molecule is CSc1ccc(NC(=O)NCC2(C(=O)O)CC2)cc1. The Kier molecular flexibility index (Phi) is 3.99. The minimum atomic E-state index is -0.836. The molecule has 6 heteroatoms. The van der Waals surface area contributed by atoms with Crippen LogP contribution in [0.3, 0.4) is 0 Å². The second-order valence-electron chi connectivity index (χ2n) is 4.62. The second-order valence-corrected chi connectivity index (χ2v) is 5.50. The highest BCUT2D eigenvalue weighted by Gasteiger charge is 2.50. The van der Waals surface area contributed by atoms with Gasteiger partial charge in [0.05, 0.1) is 5.41 Å². The number of carboxylic acids is 1. The molecule has 1 aromatic rings. The summed E-state index contributed by atoms with van der Waals surface area (Å²) in [4.78, 5) is 23.7. The molecule has 0 heterocycles. The third kappa shape index (κ3) is 3.41. The zero-order valence-electron chi connectivity index (χ0n) is 10.6.